The molecular formula is C32H37N3O7. The molecule has 0 aromatic heterocycles. The molecule has 222 valence electrons. The molecule has 4 N–H and O–H groups in total. The van der Waals surface area contributed by atoms with Crippen LogP contribution in [0.1, 0.15) is 49.4 Å². The van der Waals surface area contributed by atoms with Crippen LogP contribution in [0, 0.1) is 13.8 Å². The third kappa shape index (κ3) is 10.3. The normalized spacial score (nSPS) is 10.9. The highest BCUT2D eigenvalue weighted by Gasteiger charge is 2.18. The number of carboxylic acid groups (broad SMARTS) is 1. The van der Waals surface area contributed by atoms with Crippen molar-refractivity contribution < 1.29 is 33.8 Å². The van der Waals surface area contributed by atoms with Crippen molar-refractivity contribution in [2.45, 2.75) is 59.5 Å². The number of nitrogens with one attached hydrogen (secondary N) is 3. The summed E-state index contributed by atoms with van der Waals surface area (Å²) < 4.78 is 10.9. The molecule has 0 saturated heterocycles. The largest absolute Gasteiger partial charge is 0.482 e. The molecule has 0 unspecified atom stereocenters. The number of para-hydroxylation sites is 1. The van der Waals surface area contributed by atoms with Crippen LogP contribution in [0.3, 0.4) is 0 Å². The van der Waals surface area contributed by atoms with E-state index in [0.29, 0.717) is 16.9 Å². The molecule has 0 radical (unpaired) electrons. The molecule has 10 heteroatoms. The number of aliphatic carboxylic acids is 1. The van der Waals surface area contributed by atoms with E-state index >= 15 is 0 Å². The van der Waals surface area contributed by atoms with Crippen molar-refractivity contribution >= 4 is 40.9 Å². The van der Waals surface area contributed by atoms with Crippen LogP contribution >= 0.6 is 0 Å². The number of rotatable bonds is 11. The number of ether oxygens (including phenoxy) is 2. The van der Waals surface area contributed by atoms with Crippen LogP contribution in [-0.2, 0) is 32.0 Å². The van der Waals surface area contributed by atoms with Crippen molar-refractivity contribution in [3.63, 3.8) is 0 Å². The van der Waals surface area contributed by atoms with Gasteiger partial charge in [-0.05, 0) is 81.5 Å². The van der Waals surface area contributed by atoms with Gasteiger partial charge in [0.25, 0.3) is 0 Å². The summed E-state index contributed by atoms with van der Waals surface area (Å²) in [5.74, 6) is -1.54. The second-order valence-corrected chi connectivity index (χ2v) is 10.9. The Kier molecular flexibility index (Phi) is 10.7. The number of benzene rings is 3. The van der Waals surface area contributed by atoms with Gasteiger partial charge in [0.1, 0.15) is 11.4 Å². The maximum Gasteiger partial charge on any atom is 0.344 e. The molecule has 3 aromatic carbocycles. The Morgan fingerprint density at radius 2 is 1.48 bits per heavy atom. The molecule has 0 aliphatic rings. The molecule has 10 nitrogen and oxygen atoms in total. The number of carbonyl (C=O) groups is 4. The highest BCUT2D eigenvalue weighted by atomic mass is 16.6. The van der Waals surface area contributed by atoms with E-state index < -0.39 is 17.5 Å². The highest BCUT2D eigenvalue weighted by Crippen LogP contribution is 2.26. The zero-order chi connectivity index (χ0) is 30.9. The Morgan fingerprint density at radius 3 is 2.10 bits per heavy atom. The number of esters is 1. The predicted octanol–water partition coefficient (Wildman–Crippen LogP) is 5.87. The molecule has 3 rings (SSSR count). The van der Waals surface area contributed by atoms with E-state index in [-0.39, 0.29) is 43.6 Å². The Morgan fingerprint density at radius 1 is 0.833 bits per heavy atom. The van der Waals surface area contributed by atoms with Gasteiger partial charge in [-0.25, -0.2) is 9.59 Å². The Bertz CT molecular complexity index is 1420. The molecule has 0 aliphatic heterocycles. The minimum Gasteiger partial charge on any atom is -0.482 e. The van der Waals surface area contributed by atoms with Crippen molar-refractivity contribution in [3.05, 3.63) is 82.9 Å². The van der Waals surface area contributed by atoms with E-state index in [9.17, 15) is 19.2 Å². The van der Waals surface area contributed by atoms with E-state index in [1.54, 1.807) is 63.2 Å². The smallest absolute Gasteiger partial charge is 0.344 e. The van der Waals surface area contributed by atoms with Crippen molar-refractivity contribution in [2.24, 2.45) is 0 Å². The van der Waals surface area contributed by atoms with E-state index in [2.05, 4.69) is 16.0 Å². The van der Waals surface area contributed by atoms with Crippen molar-refractivity contribution in [1.82, 2.24) is 0 Å². The maximum atomic E-state index is 12.8. The lowest BCUT2D eigenvalue weighted by atomic mass is 10.1. The first-order valence-corrected chi connectivity index (χ1v) is 13.5. The van der Waals surface area contributed by atoms with Gasteiger partial charge in [-0.2, -0.15) is 0 Å². The molecule has 3 aromatic rings. The zero-order valence-corrected chi connectivity index (χ0v) is 24.5. The first kappa shape index (κ1) is 31.7. The minimum atomic E-state index is -0.964. The number of carboxylic acids is 1. The van der Waals surface area contributed by atoms with Crippen LogP contribution < -0.4 is 20.7 Å². The van der Waals surface area contributed by atoms with Crippen LogP contribution in [0.5, 0.6) is 5.75 Å². The number of carbonyl (C=O) groups excluding carboxylic acids is 3. The lowest BCUT2D eigenvalue weighted by Crippen LogP contribution is -2.27. The summed E-state index contributed by atoms with van der Waals surface area (Å²) in [4.78, 5) is 48.4. The molecule has 0 heterocycles. The third-order valence-electron chi connectivity index (χ3n) is 6.02. The molecule has 0 fully saturated rings. The van der Waals surface area contributed by atoms with Gasteiger partial charge in [0.15, 0.2) is 6.61 Å². The summed E-state index contributed by atoms with van der Waals surface area (Å²) >= 11 is 0. The van der Waals surface area contributed by atoms with Gasteiger partial charge in [-0.3, -0.25) is 9.59 Å². The lowest BCUT2D eigenvalue weighted by molar-refractivity contribution is -0.157. The summed E-state index contributed by atoms with van der Waals surface area (Å²) in [5, 5.41) is 17.5. The summed E-state index contributed by atoms with van der Waals surface area (Å²) in [6.07, 6.45) is 0.145. The van der Waals surface area contributed by atoms with Crippen molar-refractivity contribution in [3.8, 4) is 5.75 Å². The molecule has 3 amide bonds. The van der Waals surface area contributed by atoms with Gasteiger partial charge >= 0.3 is 18.0 Å². The van der Waals surface area contributed by atoms with E-state index in [1.165, 1.54) is 0 Å². The standard InChI is InChI=1S/C32H37N3O7/c1-20-7-6-8-21(2)30(20)35-31(40)34-24-13-9-22(10-14-24)17-27(36)33-25-15-11-23(12-16-28(37)38)26(18-25)41-19-29(39)42-32(3,4)5/h6-11,13-15,18H,12,16-17,19H2,1-5H3,(H,33,36)(H,37,38)(H2,34,35,40). The van der Waals surface area contributed by atoms with Gasteiger partial charge in [-0.1, -0.05) is 36.4 Å². The van der Waals surface area contributed by atoms with Crippen LogP contribution in [0.15, 0.2) is 60.7 Å². The lowest BCUT2D eigenvalue weighted by Gasteiger charge is -2.20. The topological polar surface area (TPSA) is 143 Å². The van der Waals surface area contributed by atoms with Crippen molar-refractivity contribution in [1.29, 1.82) is 0 Å². The summed E-state index contributed by atoms with van der Waals surface area (Å²) in [6.45, 7) is 8.72. The molecule has 0 spiro atoms. The average Bonchev–Trinajstić information content (AvgIpc) is 2.89. The minimum absolute atomic E-state index is 0.0732. The fourth-order valence-corrected chi connectivity index (χ4v) is 4.11. The first-order chi connectivity index (χ1) is 19.8. The molecular weight excluding hydrogens is 538 g/mol. The number of hydrogen-bond donors (Lipinski definition) is 4. The molecule has 0 saturated carbocycles. The van der Waals surface area contributed by atoms with Gasteiger partial charge in [0.2, 0.25) is 5.91 Å². The highest BCUT2D eigenvalue weighted by molar-refractivity contribution is 6.00. The first-order valence-electron chi connectivity index (χ1n) is 13.5. The monoisotopic (exact) mass is 575 g/mol. The Balaban J connectivity index is 1.60. The second kappa shape index (κ2) is 14.2. The van der Waals surface area contributed by atoms with Gasteiger partial charge in [-0.15, -0.1) is 0 Å². The third-order valence-corrected chi connectivity index (χ3v) is 6.02. The quantitative estimate of drug-likeness (QED) is 0.210. The molecule has 42 heavy (non-hydrogen) atoms. The molecule has 0 atom stereocenters. The van der Waals surface area contributed by atoms with Gasteiger partial charge < -0.3 is 30.5 Å². The number of urea groups is 1. The molecule has 0 bridgehead atoms. The Hall–Kier alpha value is -4.86. The van der Waals surface area contributed by atoms with E-state index in [1.807, 2.05) is 32.0 Å². The SMILES string of the molecule is Cc1cccc(C)c1NC(=O)Nc1ccc(CC(=O)Nc2ccc(CCC(=O)O)c(OCC(=O)OC(C)(C)C)c2)cc1. The second-order valence-electron chi connectivity index (χ2n) is 10.9. The predicted molar refractivity (Wildman–Crippen MR) is 161 cm³/mol. The number of hydrogen-bond acceptors (Lipinski definition) is 6. The van der Waals surface area contributed by atoms with Gasteiger partial charge in [0.05, 0.1) is 6.42 Å². The maximum absolute atomic E-state index is 12.8. The number of anilines is 3. The van der Waals surface area contributed by atoms with Crippen LogP contribution in [0.4, 0.5) is 21.9 Å². The summed E-state index contributed by atoms with van der Waals surface area (Å²) in [5.41, 5.74) is 4.33. The number of amides is 3. The molecule has 0 aliphatic carbocycles. The van der Waals surface area contributed by atoms with Crippen molar-refractivity contribution in [2.75, 3.05) is 22.6 Å². The number of aryl methyl sites for hydroxylation is 3. The average molecular weight is 576 g/mol. The zero-order valence-electron chi connectivity index (χ0n) is 24.5. The van der Waals surface area contributed by atoms with Crippen LogP contribution in [-0.4, -0.2) is 41.2 Å². The summed E-state index contributed by atoms with van der Waals surface area (Å²) in [7, 11) is 0. The van der Waals surface area contributed by atoms with E-state index in [4.69, 9.17) is 14.6 Å². The van der Waals surface area contributed by atoms with Gasteiger partial charge in [0, 0.05) is 29.5 Å². The fraction of sp³-hybridized carbons (Fsp3) is 0.312. The van der Waals surface area contributed by atoms with Crippen LogP contribution in [0.2, 0.25) is 0 Å². The summed E-state index contributed by atoms with van der Waals surface area (Å²) in [6, 6.07) is 17.2. The van der Waals surface area contributed by atoms with E-state index in [0.717, 1.165) is 22.4 Å². The Labute approximate surface area is 245 Å². The fourth-order valence-electron chi connectivity index (χ4n) is 4.11. The van der Waals surface area contributed by atoms with Crippen LogP contribution in [0.25, 0.3) is 0 Å².